The Bertz CT molecular complexity index is 869. The molecule has 0 saturated carbocycles. The van der Waals surface area contributed by atoms with E-state index in [-0.39, 0.29) is 10.3 Å². The summed E-state index contributed by atoms with van der Waals surface area (Å²) < 4.78 is 31.1. The van der Waals surface area contributed by atoms with Crippen LogP contribution >= 0.6 is 11.6 Å². The van der Waals surface area contributed by atoms with Gasteiger partial charge in [-0.3, -0.25) is 4.79 Å². The molecule has 7 heteroatoms. The van der Waals surface area contributed by atoms with Gasteiger partial charge in [0.2, 0.25) is 10.0 Å². The van der Waals surface area contributed by atoms with Gasteiger partial charge in [0.05, 0.1) is 4.90 Å². The van der Waals surface area contributed by atoms with Gasteiger partial charge in [0.25, 0.3) is 0 Å². The molecule has 0 aliphatic carbocycles. The van der Waals surface area contributed by atoms with Crippen LogP contribution in [-0.4, -0.2) is 32.3 Å². The lowest BCUT2D eigenvalue weighted by molar-refractivity contribution is -0.134. The van der Waals surface area contributed by atoms with E-state index in [1.165, 1.54) is 31.3 Å². The Hall–Kier alpha value is -1.89. The van der Waals surface area contributed by atoms with Crippen LogP contribution in [0.3, 0.4) is 0 Å². The first-order valence-electron chi connectivity index (χ1n) is 8.03. The van der Waals surface area contributed by atoms with Gasteiger partial charge in [-0.05, 0) is 47.4 Å². The molecule has 0 aliphatic heterocycles. The predicted molar refractivity (Wildman–Crippen MR) is 102 cm³/mol. The molecule has 2 aromatic carbocycles. The molecule has 0 radical (unpaired) electrons. The summed E-state index contributed by atoms with van der Waals surface area (Å²) in [4.78, 5) is 12.1. The fourth-order valence-electron chi connectivity index (χ4n) is 2.24. The fourth-order valence-corrected chi connectivity index (χ4v) is 3.48. The minimum Gasteiger partial charge on any atom is -0.426 e. The van der Waals surface area contributed by atoms with Gasteiger partial charge in [0.1, 0.15) is 12.3 Å². The summed E-state index contributed by atoms with van der Waals surface area (Å²) in [5.41, 5.74) is 1.11. The van der Waals surface area contributed by atoms with E-state index in [0.29, 0.717) is 10.8 Å². The smallest absolute Gasteiger partial charge is 0.326 e. The van der Waals surface area contributed by atoms with Crippen molar-refractivity contribution in [3.63, 3.8) is 0 Å². The first kappa shape index (κ1) is 20.4. The van der Waals surface area contributed by atoms with E-state index < -0.39 is 22.5 Å². The van der Waals surface area contributed by atoms with Crippen molar-refractivity contribution in [3.05, 3.63) is 59.1 Å². The Morgan fingerprint density at radius 3 is 2.08 bits per heavy atom. The number of hydrogen-bond donors (Lipinski definition) is 0. The standard InChI is InChI=1S/C19H22ClNO4S/c1-19(2,3)14-5-9-16(10-6-14)25-18(22)13-21(4)26(23,24)17-11-7-15(20)8-12-17/h5-12H,13H2,1-4H3. The largest absolute Gasteiger partial charge is 0.426 e. The van der Waals surface area contributed by atoms with Crippen LogP contribution in [0.25, 0.3) is 0 Å². The normalized spacial score (nSPS) is 12.2. The first-order valence-corrected chi connectivity index (χ1v) is 9.85. The van der Waals surface area contributed by atoms with Crippen LogP contribution in [0.5, 0.6) is 5.75 Å². The number of rotatable bonds is 5. The van der Waals surface area contributed by atoms with Gasteiger partial charge in [0, 0.05) is 12.1 Å². The molecule has 140 valence electrons. The minimum atomic E-state index is -3.80. The number of ether oxygens (including phenoxy) is 1. The summed E-state index contributed by atoms with van der Waals surface area (Å²) in [6.07, 6.45) is 0. The molecule has 0 aromatic heterocycles. The van der Waals surface area contributed by atoms with Crippen LogP contribution in [0, 0.1) is 0 Å². The second-order valence-electron chi connectivity index (χ2n) is 6.96. The molecule has 0 unspecified atom stereocenters. The van der Waals surface area contributed by atoms with Crippen molar-refractivity contribution in [1.82, 2.24) is 4.31 Å². The van der Waals surface area contributed by atoms with E-state index in [1.54, 1.807) is 12.1 Å². The molecular weight excluding hydrogens is 374 g/mol. The molecule has 0 fully saturated rings. The number of sulfonamides is 1. The van der Waals surface area contributed by atoms with E-state index in [2.05, 4.69) is 20.8 Å². The zero-order valence-corrected chi connectivity index (χ0v) is 16.8. The topological polar surface area (TPSA) is 63.7 Å². The van der Waals surface area contributed by atoms with Crippen LogP contribution < -0.4 is 4.74 Å². The molecule has 0 heterocycles. The van der Waals surface area contributed by atoms with Crippen molar-refractivity contribution in [1.29, 1.82) is 0 Å². The lowest BCUT2D eigenvalue weighted by atomic mass is 9.87. The SMILES string of the molecule is CN(CC(=O)Oc1ccc(C(C)(C)C)cc1)S(=O)(=O)c1ccc(Cl)cc1. The molecule has 0 amide bonds. The summed E-state index contributed by atoms with van der Waals surface area (Å²) in [6, 6.07) is 12.9. The van der Waals surface area contributed by atoms with Crippen LogP contribution in [-0.2, 0) is 20.2 Å². The summed E-state index contributed by atoms with van der Waals surface area (Å²) >= 11 is 5.77. The van der Waals surface area contributed by atoms with Crippen LogP contribution in [0.15, 0.2) is 53.4 Å². The number of carbonyl (C=O) groups is 1. The summed E-state index contributed by atoms with van der Waals surface area (Å²) in [7, 11) is -2.47. The van der Waals surface area contributed by atoms with Gasteiger partial charge in [-0.2, -0.15) is 4.31 Å². The molecule has 0 saturated heterocycles. The Morgan fingerprint density at radius 2 is 1.58 bits per heavy atom. The number of benzene rings is 2. The maximum absolute atomic E-state index is 12.5. The average molecular weight is 396 g/mol. The highest BCUT2D eigenvalue weighted by Gasteiger charge is 2.24. The zero-order chi connectivity index (χ0) is 19.5. The third kappa shape index (κ3) is 5.06. The van der Waals surface area contributed by atoms with Crippen molar-refractivity contribution in [2.75, 3.05) is 13.6 Å². The highest BCUT2D eigenvalue weighted by atomic mass is 35.5. The second kappa shape index (κ2) is 7.78. The Kier molecular flexibility index (Phi) is 6.11. The van der Waals surface area contributed by atoms with Crippen LogP contribution in [0.4, 0.5) is 0 Å². The molecule has 2 aromatic rings. The number of likely N-dealkylation sites (N-methyl/N-ethyl adjacent to an activating group) is 1. The molecule has 5 nitrogen and oxygen atoms in total. The lowest BCUT2D eigenvalue weighted by Crippen LogP contribution is -2.34. The Morgan fingerprint density at radius 1 is 1.04 bits per heavy atom. The zero-order valence-electron chi connectivity index (χ0n) is 15.2. The van der Waals surface area contributed by atoms with E-state index in [1.807, 2.05) is 12.1 Å². The van der Waals surface area contributed by atoms with Gasteiger partial charge in [0.15, 0.2) is 0 Å². The Labute approximate surface area is 159 Å². The molecule has 2 rings (SSSR count). The van der Waals surface area contributed by atoms with Gasteiger partial charge in [-0.25, -0.2) is 8.42 Å². The highest BCUT2D eigenvalue weighted by molar-refractivity contribution is 7.89. The number of nitrogens with zero attached hydrogens (tertiary/aromatic N) is 1. The molecule has 0 aliphatic rings. The van der Waals surface area contributed by atoms with E-state index in [0.717, 1.165) is 9.87 Å². The number of hydrogen-bond acceptors (Lipinski definition) is 4. The van der Waals surface area contributed by atoms with Crippen molar-refractivity contribution in [2.24, 2.45) is 0 Å². The predicted octanol–water partition coefficient (Wildman–Crippen LogP) is 3.86. The van der Waals surface area contributed by atoms with Crippen molar-refractivity contribution in [2.45, 2.75) is 31.1 Å². The maximum atomic E-state index is 12.5. The minimum absolute atomic E-state index is 0.00455. The van der Waals surface area contributed by atoms with Crippen molar-refractivity contribution < 1.29 is 17.9 Å². The third-order valence-corrected chi connectivity index (χ3v) is 5.90. The molecular formula is C19H22ClNO4S. The highest BCUT2D eigenvalue weighted by Crippen LogP contribution is 2.24. The third-order valence-electron chi connectivity index (χ3n) is 3.83. The van der Waals surface area contributed by atoms with Gasteiger partial charge < -0.3 is 4.74 Å². The van der Waals surface area contributed by atoms with Gasteiger partial charge in [-0.15, -0.1) is 0 Å². The van der Waals surface area contributed by atoms with E-state index in [4.69, 9.17) is 16.3 Å². The van der Waals surface area contributed by atoms with Crippen molar-refractivity contribution in [3.8, 4) is 5.75 Å². The van der Waals surface area contributed by atoms with E-state index in [9.17, 15) is 13.2 Å². The second-order valence-corrected chi connectivity index (χ2v) is 9.44. The number of esters is 1. The quantitative estimate of drug-likeness (QED) is 0.569. The monoisotopic (exact) mass is 395 g/mol. The van der Waals surface area contributed by atoms with Gasteiger partial charge in [-0.1, -0.05) is 44.5 Å². The lowest BCUT2D eigenvalue weighted by Gasteiger charge is -2.19. The molecule has 26 heavy (non-hydrogen) atoms. The van der Waals surface area contributed by atoms with Crippen LogP contribution in [0.2, 0.25) is 5.02 Å². The molecule has 0 atom stereocenters. The van der Waals surface area contributed by atoms with Crippen molar-refractivity contribution >= 4 is 27.6 Å². The molecule has 0 bridgehead atoms. The van der Waals surface area contributed by atoms with Gasteiger partial charge >= 0.3 is 5.97 Å². The number of carbonyl (C=O) groups excluding carboxylic acids is 1. The number of halogens is 1. The summed E-state index contributed by atoms with van der Waals surface area (Å²) in [5, 5.41) is 0.435. The van der Waals surface area contributed by atoms with E-state index >= 15 is 0 Å². The summed E-state index contributed by atoms with van der Waals surface area (Å²) in [5.74, 6) is -0.283. The fraction of sp³-hybridized carbons (Fsp3) is 0.316. The Balaban J connectivity index is 2.03. The maximum Gasteiger partial charge on any atom is 0.326 e. The molecule has 0 spiro atoms. The average Bonchev–Trinajstić information content (AvgIpc) is 2.54. The summed E-state index contributed by atoms with van der Waals surface area (Å²) in [6.45, 7) is 5.87. The molecule has 0 N–H and O–H groups in total. The van der Waals surface area contributed by atoms with Crippen LogP contribution in [0.1, 0.15) is 26.3 Å². The first-order chi connectivity index (χ1) is 12.0.